The van der Waals surface area contributed by atoms with Crippen molar-refractivity contribution in [3.05, 3.63) is 11.6 Å². The van der Waals surface area contributed by atoms with Crippen LogP contribution in [0.1, 0.15) is 131 Å². The summed E-state index contributed by atoms with van der Waals surface area (Å²) >= 11 is 0. The molecule has 0 saturated heterocycles. The molecule has 4 aliphatic carbocycles. The highest BCUT2D eigenvalue weighted by atomic mass is 16.3. The molecule has 0 aliphatic heterocycles. The minimum absolute atomic E-state index is 0.0772. The van der Waals surface area contributed by atoms with E-state index < -0.39 is 0 Å². The fourth-order valence-corrected chi connectivity index (χ4v) is 9.37. The van der Waals surface area contributed by atoms with Crippen molar-refractivity contribution >= 4 is 0 Å². The van der Waals surface area contributed by atoms with Crippen molar-refractivity contribution in [2.75, 3.05) is 0 Å². The van der Waals surface area contributed by atoms with E-state index in [1.807, 2.05) is 0 Å². The van der Waals surface area contributed by atoms with Crippen LogP contribution in [0, 0.1) is 46.3 Å². The molecule has 4 aliphatic rings. The second-order valence-electron chi connectivity index (χ2n) is 13.6. The summed E-state index contributed by atoms with van der Waals surface area (Å²) in [6.45, 7) is 12.6. The number of hydrogen-bond donors (Lipinski definition) is 1. The first-order chi connectivity index (χ1) is 15.3. The van der Waals surface area contributed by atoms with Gasteiger partial charge in [-0.25, -0.2) is 0 Å². The molecule has 0 radical (unpaired) electrons. The van der Waals surface area contributed by atoms with Gasteiger partial charge >= 0.3 is 0 Å². The van der Waals surface area contributed by atoms with Crippen LogP contribution in [0.5, 0.6) is 0 Å². The molecule has 0 heterocycles. The van der Waals surface area contributed by atoms with E-state index in [4.69, 9.17) is 0 Å². The van der Waals surface area contributed by atoms with Crippen molar-refractivity contribution < 1.29 is 5.11 Å². The predicted molar refractivity (Wildman–Crippen MR) is 138 cm³/mol. The molecular formula is C31H54O. The fraction of sp³-hybridized carbons (Fsp3) is 0.935. The molecule has 0 spiro atoms. The average molecular weight is 443 g/mol. The molecule has 1 unspecified atom stereocenters. The zero-order valence-electron chi connectivity index (χ0n) is 22.2. The summed E-state index contributed by atoms with van der Waals surface area (Å²) < 4.78 is 0. The molecule has 8 atom stereocenters. The number of rotatable bonds is 9. The third-order valence-electron chi connectivity index (χ3n) is 11.3. The Kier molecular flexibility index (Phi) is 7.86. The van der Waals surface area contributed by atoms with Gasteiger partial charge in [0.2, 0.25) is 0 Å². The van der Waals surface area contributed by atoms with Crippen molar-refractivity contribution in [1.82, 2.24) is 0 Å². The van der Waals surface area contributed by atoms with Crippen molar-refractivity contribution in [2.24, 2.45) is 46.3 Å². The molecule has 184 valence electrons. The van der Waals surface area contributed by atoms with Crippen molar-refractivity contribution in [3.8, 4) is 0 Å². The predicted octanol–water partition coefficient (Wildman–Crippen LogP) is 8.95. The number of fused-ring (bicyclic) bond motifs is 5. The maximum atomic E-state index is 10.3. The van der Waals surface area contributed by atoms with Crippen LogP contribution in [0.25, 0.3) is 0 Å². The van der Waals surface area contributed by atoms with Gasteiger partial charge in [-0.15, -0.1) is 0 Å². The highest BCUT2D eigenvalue weighted by Crippen LogP contribution is 2.67. The molecule has 1 N–H and O–H groups in total. The van der Waals surface area contributed by atoms with E-state index in [1.54, 1.807) is 5.57 Å². The molecule has 0 bridgehead atoms. The summed E-state index contributed by atoms with van der Waals surface area (Å²) in [5.41, 5.74) is 2.61. The van der Waals surface area contributed by atoms with Crippen molar-refractivity contribution in [1.29, 1.82) is 0 Å². The first-order valence-corrected chi connectivity index (χ1v) is 14.6. The quantitative estimate of drug-likeness (QED) is 0.279. The van der Waals surface area contributed by atoms with E-state index in [0.717, 1.165) is 48.3 Å². The lowest BCUT2D eigenvalue weighted by Gasteiger charge is -2.58. The van der Waals surface area contributed by atoms with Crippen molar-refractivity contribution in [3.63, 3.8) is 0 Å². The lowest BCUT2D eigenvalue weighted by atomic mass is 9.47. The topological polar surface area (TPSA) is 20.2 Å². The molecule has 4 rings (SSSR count). The largest absolute Gasteiger partial charge is 0.393 e. The van der Waals surface area contributed by atoms with Crippen LogP contribution in [0.2, 0.25) is 0 Å². The van der Waals surface area contributed by atoms with Crippen LogP contribution in [0.3, 0.4) is 0 Å². The Hall–Kier alpha value is -0.300. The van der Waals surface area contributed by atoms with Crippen LogP contribution in [0.15, 0.2) is 11.6 Å². The van der Waals surface area contributed by atoms with E-state index in [-0.39, 0.29) is 6.10 Å². The van der Waals surface area contributed by atoms with Gasteiger partial charge < -0.3 is 5.11 Å². The van der Waals surface area contributed by atoms with E-state index >= 15 is 0 Å². The maximum absolute atomic E-state index is 10.3. The van der Waals surface area contributed by atoms with E-state index in [2.05, 4.69) is 40.7 Å². The fourth-order valence-electron chi connectivity index (χ4n) is 9.37. The first-order valence-electron chi connectivity index (χ1n) is 14.6. The third-order valence-corrected chi connectivity index (χ3v) is 11.3. The average Bonchev–Trinajstić information content (AvgIpc) is 3.10. The van der Waals surface area contributed by atoms with E-state index in [9.17, 15) is 5.11 Å². The lowest BCUT2D eigenvalue weighted by molar-refractivity contribution is -0.0572. The summed E-state index contributed by atoms with van der Waals surface area (Å²) in [4.78, 5) is 0. The smallest absolute Gasteiger partial charge is 0.0577 e. The van der Waals surface area contributed by atoms with Gasteiger partial charge in [0.15, 0.2) is 0 Å². The van der Waals surface area contributed by atoms with Crippen molar-refractivity contribution in [2.45, 2.75) is 137 Å². The molecule has 0 aromatic carbocycles. The zero-order valence-corrected chi connectivity index (χ0v) is 22.2. The number of aliphatic hydroxyl groups excluding tert-OH is 1. The standard InChI is InChI=1S/C31H54O/c1-22(2)11-9-7-6-8-10-12-23(3)27-15-16-28-26-14-13-24-21-25(32)17-19-30(24,4)29(26)18-20-31(27,28)5/h13,22-23,25-29,32H,6-12,14-21H2,1-5H3/t23-,25+,26+,27?,28+,29+,30+,31-/m1/s1. The second-order valence-corrected chi connectivity index (χ2v) is 13.6. The highest BCUT2D eigenvalue weighted by molar-refractivity contribution is 5.25. The van der Waals surface area contributed by atoms with Crippen LogP contribution in [-0.2, 0) is 0 Å². The Morgan fingerprint density at radius 3 is 2.34 bits per heavy atom. The first kappa shape index (κ1) is 24.8. The van der Waals surface area contributed by atoms with Crippen LogP contribution in [-0.4, -0.2) is 11.2 Å². The summed E-state index contributed by atoms with van der Waals surface area (Å²) in [5.74, 6) is 5.49. The molecule has 1 heteroatoms. The van der Waals surface area contributed by atoms with Gasteiger partial charge in [0, 0.05) is 0 Å². The Labute approximate surface area is 200 Å². The van der Waals surface area contributed by atoms with Crippen LogP contribution >= 0.6 is 0 Å². The van der Waals surface area contributed by atoms with Gasteiger partial charge in [-0.1, -0.05) is 91.2 Å². The van der Waals surface area contributed by atoms with Gasteiger partial charge in [-0.2, -0.15) is 0 Å². The Morgan fingerprint density at radius 2 is 1.59 bits per heavy atom. The monoisotopic (exact) mass is 442 g/mol. The molecular weight excluding hydrogens is 388 g/mol. The summed E-state index contributed by atoms with van der Waals surface area (Å²) in [5, 5.41) is 10.3. The molecule has 3 fully saturated rings. The molecule has 0 aromatic heterocycles. The Bertz CT molecular complexity index is 649. The molecule has 3 saturated carbocycles. The maximum Gasteiger partial charge on any atom is 0.0577 e. The number of aliphatic hydroxyl groups is 1. The third kappa shape index (κ3) is 4.76. The Balaban J connectivity index is 1.32. The Morgan fingerprint density at radius 1 is 0.875 bits per heavy atom. The normalized spacial score (nSPS) is 42.2. The summed E-state index contributed by atoms with van der Waals surface area (Å²) in [7, 11) is 0. The zero-order chi connectivity index (χ0) is 22.9. The second kappa shape index (κ2) is 10.1. The lowest BCUT2D eigenvalue weighted by Crippen LogP contribution is -2.50. The van der Waals surface area contributed by atoms with Gasteiger partial charge in [-0.3, -0.25) is 0 Å². The molecule has 0 aromatic rings. The van der Waals surface area contributed by atoms with Crippen LogP contribution in [0.4, 0.5) is 0 Å². The molecule has 1 nitrogen and oxygen atoms in total. The molecule has 0 amide bonds. The highest BCUT2D eigenvalue weighted by Gasteiger charge is 2.59. The number of unbranched alkanes of at least 4 members (excludes halogenated alkanes) is 4. The van der Waals surface area contributed by atoms with E-state index in [0.29, 0.717) is 10.8 Å². The summed E-state index contributed by atoms with van der Waals surface area (Å²) in [6.07, 6.45) is 23.1. The number of allylic oxidation sites excluding steroid dienone is 1. The van der Waals surface area contributed by atoms with Gasteiger partial charge in [0.05, 0.1) is 6.10 Å². The van der Waals surface area contributed by atoms with E-state index in [1.165, 1.54) is 83.5 Å². The summed E-state index contributed by atoms with van der Waals surface area (Å²) in [6, 6.07) is 0. The minimum Gasteiger partial charge on any atom is -0.393 e. The minimum atomic E-state index is -0.0772. The van der Waals surface area contributed by atoms with Gasteiger partial charge in [-0.05, 0) is 97.7 Å². The van der Waals surface area contributed by atoms with Crippen LogP contribution < -0.4 is 0 Å². The van der Waals surface area contributed by atoms with Gasteiger partial charge in [0.1, 0.15) is 0 Å². The number of hydrogen-bond acceptors (Lipinski definition) is 1. The van der Waals surface area contributed by atoms with Gasteiger partial charge in [0.25, 0.3) is 0 Å². The molecule has 32 heavy (non-hydrogen) atoms. The SMILES string of the molecule is CC(C)CCCCCCC[C@@H](C)C1CC[C@H]2[C@@H]3CC=C4C[C@@H](O)CC[C@]4(C)[C@H]3CC[C@]12C.